The second kappa shape index (κ2) is 10.0. The van der Waals surface area contributed by atoms with Gasteiger partial charge in [0.2, 0.25) is 6.29 Å². The molecule has 0 spiro atoms. The van der Waals surface area contributed by atoms with Crippen LogP contribution in [0.25, 0.3) is 0 Å². The summed E-state index contributed by atoms with van der Waals surface area (Å²) in [5.74, 6) is -0.00616. The van der Waals surface area contributed by atoms with Gasteiger partial charge in [-0.05, 0) is 40.0 Å². The average molecular weight is 254 g/mol. The number of carbonyl (C=O) groups is 1. The Hall–Kier alpha value is -0.930. The first kappa shape index (κ1) is 17.1. The van der Waals surface area contributed by atoms with E-state index in [-0.39, 0.29) is 5.78 Å². The summed E-state index contributed by atoms with van der Waals surface area (Å²) in [6.45, 7) is 6.31. The Morgan fingerprint density at radius 1 is 1.00 bits per heavy atom. The van der Waals surface area contributed by atoms with Crippen LogP contribution < -0.4 is 0 Å². The highest BCUT2D eigenvalue weighted by Crippen LogP contribution is 2.09. The van der Waals surface area contributed by atoms with Crippen LogP contribution in [-0.4, -0.2) is 26.3 Å². The lowest BCUT2D eigenvalue weighted by molar-refractivity contribution is -0.156. The number of hydrogen-bond donors (Lipinski definition) is 0. The van der Waals surface area contributed by atoms with E-state index in [0.29, 0.717) is 6.42 Å². The fraction of sp³-hybridized carbons (Fsp3) is 0.667. The van der Waals surface area contributed by atoms with Crippen molar-refractivity contribution in [2.45, 2.75) is 52.7 Å². The van der Waals surface area contributed by atoms with Crippen molar-refractivity contribution in [2.24, 2.45) is 0 Å². The second-order valence-electron chi connectivity index (χ2n) is 4.68. The number of rotatable bonds is 9. The first-order chi connectivity index (χ1) is 8.51. The lowest BCUT2D eigenvalue weighted by Crippen LogP contribution is -2.24. The highest BCUT2D eigenvalue weighted by atomic mass is 16.7. The predicted octanol–water partition coefficient (Wildman–Crippen LogP) is 3.65. The maximum atomic E-state index is 11.6. The van der Waals surface area contributed by atoms with Gasteiger partial charge in [0.15, 0.2) is 5.78 Å². The minimum absolute atomic E-state index is 0.00616. The second-order valence-corrected chi connectivity index (χ2v) is 4.68. The average Bonchev–Trinajstić information content (AvgIpc) is 2.30. The molecule has 0 N–H and O–H groups in total. The first-order valence-corrected chi connectivity index (χ1v) is 6.38. The van der Waals surface area contributed by atoms with E-state index in [1.165, 1.54) is 25.4 Å². The van der Waals surface area contributed by atoms with Crippen molar-refractivity contribution in [3.8, 4) is 0 Å². The van der Waals surface area contributed by atoms with Gasteiger partial charge in [0.05, 0.1) is 0 Å². The molecule has 0 aliphatic carbocycles. The number of methoxy groups -OCH3 is 2. The molecule has 0 fully saturated rings. The number of ketones is 1. The van der Waals surface area contributed by atoms with Crippen molar-refractivity contribution in [3.05, 3.63) is 23.3 Å². The summed E-state index contributed by atoms with van der Waals surface area (Å²) in [4.78, 5) is 11.6. The van der Waals surface area contributed by atoms with E-state index >= 15 is 0 Å². The molecule has 0 aliphatic rings. The van der Waals surface area contributed by atoms with Gasteiger partial charge in [-0.3, -0.25) is 4.79 Å². The van der Waals surface area contributed by atoms with E-state index in [1.807, 2.05) is 0 Å². The molecule has 0 bridgehead atoms. The van der Waals surface area contributed by atoms with Crippen molar-refractivity contribution in [3.63, 3.8) is 0 Å². The molecule has 3 nitrogen and oxygen atoms in total. The van der Waals surface area contributed by atoms with Gasteiger partial charge in [-0.15, -0.1) is 0 Å². The summed E-state index contributed by atoms with van der Waals surface area (Å²) in [6, 6.07) is 0. The molecule has 0 rings (SSSR count). The molecule has 3 heteroatoms. The Labute approximate surface area is 111 Å². The zero-order valence-corrected chi connectivity index (χ0v) is 12.3. The molecule has 0 saturated heterocycles. The highest BCUT2D eigenvalue weighted by molar-refractivity contribution is 5.81. The first-order valence-electron chi connectivity index (χ1n) is 6.38. The molecule has 0 saturated carbocycles. The third kappa shape index (κ3) is 8.20. The number of Topliss-reactive ketones (excluding diaryl/α,β-unsaturated/α-hetero) is 1. The van der Waals surface area contributed by atoms with Crippen molar-refractivity contribution in [1.82, 2.24) is 0 Å². The van der Waals surface area contributed by atoms with Gasteiger partial charge < -0.3 is 9.47 Å². The summed E-state index contributed by atoms with van der Waals surface area (Å²) in [6.07, 6.45) is 6.97. The Balaban J connectivity index is 3.93. The molecule has 0 aromatic rings. The third-order valence-corrected chi connectivity index (χ3v) is 2.67. The maximum Gasteiger partial charge on any atom is 0.217 e. The molecule has 0 aromatic heterocycles. The normalized spacial score (nSPS) is 11.8. The van der Waals surface area contributed by atoms with Crippen molar-refractivity contribution < 1.29 is 14.3 Å². The largest absolute Gasteiger partial charge is 0.349 e. The third-order valence-electron chi connectivity index (χ3n) is 2.67. The summed E-state index contributed by atoms with van der Waals surface area (Å²) >= 11 is 0. The number of carbonyl (C=O) groups excluding carboxylic acids is 1. The number of hydrogen-bond acceptors (Lipinski definition) is 3. The van der Waals surface area contributed by atoms with E-state index in [4.69, 9.17) is 9.47 Å². The van der Waals surface area contributed by atoms with Crippen LogP contribution in [0.2, 0.25) is 0 Å². The Morgan fingerprint density at radius 3 is 2.06 bits per heavy atom. The smallest absolute Gasteiger partial charge is 0.217 e. The molecule has 0 radical (unpaired) electrons. The fourth-order valence-electron chi connectivity index (χ4n) is 1.63. The highest BCUT2D eigenvalue weighted by Gasteiger charge is 2.14. The molecular formula is C15H26O3. The molecule has 0 atom stereocenters. The van der Waals surface area contributed by atoms with E-state index in [1.54, 1.807) is 0 Å². The Kier molecular flexibility index (Phi) is 9.52. The summed E-state index contributed by atoms with van der Waals surface area (Å²) in [7, 11) is 2.96. The zero-order valence-electron chi connectivity index (χ0n) is 12.3. The van der Waals surface area contributed by atoms with Gasteiger partial charge in [-0.2, -0.15) is 0 Å². The quantitative estimate of drug-likeness (QED) is 0.465. The van der Waals surface area contributed by atoms with E-state index < -0.39 is 6.29 Å². The predicted molar refractivity (Wildman–Crippen MR) is 74.5 cm³/mol. The van der Waals surface area contributed by atoms with Gasteiger partial charge in [-0.25, -0.2) is 0 Å². The fourth-order valence-corrected chi connectivity index (χ4v) is 1.63. The van der Waals surface area contributed by atoms with Gasteiger partial charge in [0, 0.05) is 20.6 Å². The van der Waals surface area contributed by atoms with E-state index in [2.05, 4.69) is 32.9 Å². The Morgan fingerprint density at radius 2 is 1.56 bits per heavy atom. The lowest BCUT2D eigenvalue weighted by atomic mass is 10.1. The number of ether oxygens (including phenoxy) is 2. The van der Waals surface area contributed by atoms with Crippen LogP contribution in [-0.2, 0) is 14.3 Å². The molecular weight excluding hydrogens is 228 g/mol. The van der Waals surface area contributed by atoms with Gasteiger partial charge in [-0.1, -0.05) is 23.3 Å². The molecule has 0 heterocycles. The van der Waals surface area contributed by atoms with Gasteiger partial charge in [0.25, 0.3) is 0 Å². The van der Waals surface area contributed by atoms with E-state index in [0.717, 1.165) is 19.3 Å². The van der Waals surface area contributed by atoms with Crippen molar-refractivity contribution in [2.75, 3.05) is 14.2 Å². The van der Waals surface area contributed by atoms with Crippen LogP contribution in [0.3, 0.4) is 0 Å². The summed E-state index contributed by atoms with van der Waals surface area (Å²) < 4.78 is 9.82. The monoisotopic (exact) mass is 254 g/mol. The minimum Gasteiger partial charge on any atom is -0.349 e. The molecule has 0 unspecified atom stereocenters. The molecule has 104 valence electrons. The number of allylic oxidation sites excluding steroid dienone is 4. The van der Waals surface area contributed by atoms with Crippen LogP contribution in [0.15, 0.2) is 23.3 Å². The van der Waals surface area contributed by atoms with Crippen LogP contribution in [0.1, 0.15) is 46.5 Å². The van der Waals surface area contributed by atoms with Crippen LogP contribution in [0.4, 0.5) is 0 Å². The zero-order chi connectivity index (χ0) is 14.0. The van der Waals surface area contributed by atoms with Crippen molar-refractivity contribution in [1.29, 1.82) is 0 Å². The lowest BCUT2D eigenvalue weighted by Gasteiger charge is -2.10. The van der Waals surface area contributed by atoms with Crippen molar-refractivity contribution >= 4 is 5.78 Å². The maximum absolute atomic E-state index is 11.6. The molecule has 0 aromatic carbocycles. The summed E-state index contributed by atoms with van der Waals surface area (Å²) in [5.41, 5.74) is 2.67. The SMILES string of the molecule is COC(OC)C(=O)CCC=C(C)CCC=C(C)C. The minimum atomic E-state index is -0.718. The van der Waals surface area contributed by atoms with Crippen LogP contribution in [0, 0.1) is 0 Å². The molecule has 0 aliphatic heterocycles. The molecule has 0 amide bonds. The summed E-state index contributed by atoms with van der Waals surface area (Å²) in [5, 5.41) is 0. The Bertz CT molecular complexity index is 295. The van der Waals surface area contributed by atoms with E-state index in [9.17, 15) is 4.79 Å². The topological polar surface area (TPSA) is 35.5 Å². The van der Waals surface area contributed by atoms with Gasteiger partial charge >= 0.3 is 0 Å². The van der Waals surface area contributed by atoms with Gasteiger partial charge in [0.1, 0.15) is 0 Å². The standard InChI is InChI=1S/C15H26O3/c1-12(2)8-6-9-13(3)10-7-11-14(16)15(17-4)18-5/h8,10,15H,6-7,9,11H2,1-5H3. The van der Waals surface area contributed by atoms with Crippen LogP contribution in [0.5, 0.6) is 0 Å². The van der Waals surface area contributed by atoms with Crippen LogP contribution >= 0.6 is 0 Å². The molecule has 18 heavy (non-hydrogen) atoms.